The summed E-state index contributed by atoms with van der Waals surface area (Å²) in [4.78, 5) is 18.5. The molecule has 3 aromatic rings. The van der Waals surface area contributed by atoms with Gasteiger partial charge in [-0.25, -0.2) is 4.68 Å². The molecule has 164 valence electrons. The van der Waals surface area contributed by atoms with Gasteiger partial charge in [-0.3, -0.25) is 4.79 Å². The molecular weight excluding hydrogens is 402 g/mol. The molecule has 1 N–H and O–H groups in total. The van der Waals surface area contributed by atoms with Gasteiger partial charge in [0.2, 0.25) is 0 Å². The molecule has 1 amide bonds. The van der Waals surface area contributed by atoms with Gasteiger partial charge in [-0.2, -0.15) is 0 Å². The first kappa shape index (κ1) is 19.6. The molecule has 4 fully saturated rings. The van der Waals surface area contributed by atoms with E-state index in [9.17, 15) is 4.79 Å². The number of piperidine rings is 2. The Bertz CT molecular complexity index is 1070. The maximum absolute atomic E-state index is 13.3. The van der Waals surface area contributed by atoms with Crippen molar-refractivity contribution in [2.45, 2.75) is 18.0 Å². The van der Waals surface area contributed by atoms with E-state index in [0.717, 1.165) is 44.8 Å². The fourth-order valence-electron chi connectivity index (χ4n) is 5.99. The van der Waals surface area contributed by atoms with Crippen LogP contribution in [-0.2, 0) is 12.0 Å². The van der Waals surface area contributed by atoms with Crippen molar-refractivity contribution in [3.63, 3.8) is 0 Å². The highest BCUT2D eigenvalue weighted by atomic mass is 16.1. The van der Waals surface area contributed by atoms with E-state index in [0.29, 0.717) is 18.0 Å². The van der Waals surface area contributed by atoms with Gasteiger partial charge in [0, 0.05) is 62.2 Å². The number of hydrogen-bond acceptors (Lipinski definition) is 6. The van der Waals surface area contributed by atoms with Crippen LogP contribution >= 0.6 is 0 Å². The van der Waals surface area contributed by atoms with Crippen LogP contribution in [-0.4, -0.2) is 81.2 Å². The summed E-state index contributed by atoms with van der Waals surface area (Å²) in [7, 11) is 0. The van der Waals surface area contributed by atoms with Crippen molar-refractivity contribution < 1.29 is 4.79 Å². The molecule has 4 saturated heterocycles. The molecule has 0 aliphatic carbocycles. The van der Waals surface area contributed by atoms with Crippen LogP contribution in [0.25, 0.3) is 0 Å². The van der Waals surface area contributed by atoms with Crippen LogP contribution in [0.2, 0.25) is 0 Å². The molecule has 0 saturated carbocycles. The van der Waals surface area contributed by atoms with Crippen LogP contribution in [0.15, 0.2) is 60.9 Å². The second-order valence-electron chi connectivity index (χ2n) is 9.41. The van der Waals surface area contributed by atoms with Gasteiger partial charge in [-0.1, -0.05) is 42.5 Å². The number of rotatable bonds is 5. The van der Waals surface area contributed by atoms with Gasteiger partial charge in [0.1, 0.15) is 6.33 Å². The quantitative estimate of drug-likeness (QED) is 0.653. The van der Waals surface area contributed by atoms with Gasteiger partial charge in [0.25, 0.3) is 5.91 Å². The Labute approximate surface area is 187 Å². The smallest absolute Gasteiger partial charge is 0.251 e. The Kier molecular flexibility index (Phi) is 4.77. The first-order valence-corrected chi connectivity index (χ1v) is 11.3. The molecular formula is C24H27N7O. The Balaban J connectivity index is 1.26. The highest BCUT2D eigenvalue weighted by Gasteiger charge is 2.55. The van der Waals surface area contributed by atoms with Crippen molar-refractivity contribution >= 4 is 5.91 Å². The van der Waals surface area contributed by atoms with Crippen LogP contribution in [0.4, 0.5) is 0 Å². The average Bonchev–Trinajstić information content (AvgIpc) is 3.20. The van der Waals surface area contributed by atoms with Crippen molar-refractivity contribution in [2.75, 3.05) is 39.3 Å². The third-order valence-electron chi connectivity index (χ3n) is 7.38. The predicted molar refractivity (Wildman–Crippen MR) is 119 cm³/mol. The number of nitrogens with one attached hydrogen (secondary N) is 1. The standard InChI is InChI=1S/C24H27N7O/c32-23(19-8-6-18(7-9-19)12-31-17-25-27-28-31)26-22-20-13-29-10-11-30(14-20)16-24(22,15-29)21-4-2-1-3-5-21/h1-9,17,20,22H,10-16H2,(H,26,32)/t20?,22-,24?/m1/s1. The summed E-state index contributed by atoms with van der Waals surface area (Å²) in [5.74, 6) is 0.443. The number of tetrazole rings is 1. The van der Waals surface area contributed by atoms with E-state index >= 15 is 0 Å². The van der Waals surface area contributed by atoms with Gasteiger partial charge in [-0.05, 0) is 33.7 Å². The van der Waals surface area contributed by atoms with Crippen molar-refractivity contribution in [2.24, 2.45) is 5.92 Å². The minimum atomic E-state index is -0.0748. The molecule has 1 aromatic heterocycles. The lowest BCUT2D eigenvalue weighted by Gasteiger charge is -2.55. The molecule has 0 radical (unpaired) electrons. The van der Waals surface area contributed by atoms with E-state index in [-0.39, 0.29) is 17.4 Å². The van der Waals surface area contributed by atoms with E-state index in [1.807, 2.05) is 24.3 Å². The molecule has 4 bridgehead atoms. The molecule has 7 rings (SSSR count). The highest BCUT2D eigenvalue weighted by Crippen LogP contribution is 2.43. The summed E-state index contributed by atoms with van der Waals surface area (Å²) >= 11 is 0. The monoisotopic (exact) mass is 429 g/mol. The zero-order valence-electron chi connectivity index (χ0n) is 18.0. The van der Waals surface area contributed by atoms with Gasteiger partial charge >= 0.3 is 0 Å². The second kappa shape index (κ2) is 7.79. The summed E-state index contributed by atoms with van der Waals surface area (Å²) in [6, 6.07) is 18.7. The van der Waals surface area contributed by atoms with Gasteiger partial charge in [0.05, 0.1) is 6.54 Å². The Morgan fingerprint density at radius 2 is 1.72 bits per heavy atom. The van der Waals surface area contributed by atoms with Crippen molar-refractivity contribution in [3.8, 4) is 0 Å². The van der Waals surface area contributed by atoms with Crippen molar-refractivity contribution in [1.82, 2.24) is 35.3 Å². The number of carbonyl (C=O) groups excluding carboxylic acids is 1. The first-order chi connectivity index (χ1) is 15.7. The molecule has 0 spiro atoms. The van der Waals surface area contributed by atoms with Gasteiger partial charge in [0.15, 0.2) is 0 Å². The van der Waals surface area contributed by atoms with Crippen LogP contribution in [0.5, 0.6) is 0 Å². The topological polar surface area (TPSA) is 79.2 Å². The highest BCUT2D eigenvalue weighted by molar-refractivity contribution is 5.94. The van der Waals surface area contributed by atoms with E-state index in [1.54, 1.807) is 11.0 Å². The Morgan fingerprint density at radius 3 is 2.38 bits per heavy atom. The summed E-state index contributed by atoms with van der Waals surface area (Å²) in [6.45, 7) is 6.94. The Morgan fingerprint density at radius 1 is 1.00 bits per heavy atom. The molecule has 5 heterocycles. The Hall–Kier alpha value is -3.10. The van der Waals surface area contributed by atoms with E-state index in [2.05, 4.69) is 61.0 Å². The fraction of sp³-hybridized carbons (Fsp3) is 0.417. The number of aromatic nitrogens is 4. The van der Waals surface area contributed by atoms with E-state index in [4.69, 9.17) is 0 Å². The van der Waals surface area contributed by atoms with Crippen LogP contribution in [0.1, 0.15) is 21.5 Å². The average molecular weight is 430 g/mol. The molecule has 32 heavy (non-hydrogen) atoms. The summed E-state index contributed by atoms with van der Waals surface area (Å²) < 4.78 is 1.67. The fourth-order valence-corrected chi connectivity index (χ4v) is 5.99. The van der Waals surface area contributed by atoms with Crippen molar-refractivity contribution in [3.05, 3.63) is 77.6 Å². The third-order valence-corrected chi connectivity index (χ3v) is 7.38. The third kappa shape index (κ3) is 3.40. The number of benzene rings is 2. The number of carbonyl (C=O) groups is 1. The molecule has 2 unspecified atom stereocenters. The minimum absolute atomic E-state index is 0.00965. The number of fused-ring (bicyclic) bond motifs is 1. The number of amides is 1. The zero-order valence-corrected chi connectivity index (χ0v) is 18.0. The molecule has 3 atom stereocenters. The lowest BCUT2D eigenvalue weighted by atomic mass is 9.64. The molecule has 2 aromatic carbocycles. The normalized spacial score (nSPS) is 30.8. The van der Waals surface area contributed by atoms with Crippen LogP contribution in [0, 0.1) is 5.92 Å². The lowest BCUT2D eigenvalue weighted by molar-refractivity contribution is 0.0180. The number of nitrogens with zero attached hydrogens (tertiary/aromatic N) is 6. The maximum atomic E-state index is 13.3. The van der Waals surface area contributed by atoms with E-state index in [1.165, 1.54) is 5.56 Å². The summed E-state index contributed by atoms with van der Waals surface area (Å²) in [5, 5.41) is 14.7. The summed E-state index contributed by atoms with van der Waals surface area (Å²) in [6.07, 6.45) is 1.59. The predicted octanol–water partition coefficient (Wildman–Crippen LogP) is 1.02. The van der Waals surface area contributed by atoms with Crippen molar-refractivity contribution in [1.29, 1.82) is 0 Å². The molecule has 4 aliphatic rings. The number of hydrogen-bond donors (Lipinski definition) is 1. The van der Waals surface area contributed by atoms with Crippen LogP contribution in [0.3, 0.4) is 0 Å². The maximum Gasteiger partial charge on any atom is 0.251 e. The summed E-state index contributed by atoms with van der Waals surface area (Å²) in [5.41, 5.74) is 3.01. The molecule has 8 heteroatoms. The van der Waals surface area contributed by atoms with Gasteiger partial charge < -0.3 is 15.1 Å². The van der Waals surface area contributed by atoms with Crippen LogP contribution < -0.4 is 5.32 Å². The van der Waals surface area contributed by atoms with Gasteiger partial charge in [-0.15, -0.1) is 5.10 Å². The zero-order chi connectivity index (χ0) is 21.5. The SMILES string of the molecule is O=C(N[C@@H]1C2CN3CCN(C2)CC1(c1ccccc1)C3)c1ccc(Cn2cnnn2)cc1. The van der Waals surface area contributed by atoms with E-state index < -0.39 is 0 Å². The molecule has 8 nitrogen and oxygen atoms in total. The second-order valence-corrected chi connectivity index (χ2v) is 9.41. The largest absolute Gasteiger partial charge is 0.348 e. The minimum Gasteiger partial charge on any atom is -0.348 e. The first-order valence-electron chi connectivity index (χ1n) is 11.3. The molecule has 4 aliphatic heterocycles. The lowest BCUT2D eigenvalue weighted by Crippen LogP contribution is -2.70.